The molecule has 1 heterocycles. The average Bonchev–Trinajstić information content (AvgIpc) is 2.53. The van der Waals surface area contributed by atoms with Gasteiger partial charge < -0.3 is 10.3 Å². The molecule has 0 aliphatic heterocycles. The Morgan fingerprint density at radius 2 is 2.00 bits per heavy atom. The number of hydrogen-bond donors (Lipinski definition) is 1. The first kappa shape index (κ1) is 6.79. The maximum atomic E-state index is 5.91. The molecule has 1 aliphatic carbocycles. The molecule has 0 amide bonds. The molecule has 0 radical (unpaired) electrons. The molecule has 1 aromatic rings. The van der Waals surface area contributed by atoms with E-state index in [1.807, 2.05) is 4.57 Å². The third-order valence-corrected chi connectivity index (χ3v) is 2.23. The van der Waals surface area contributed by atoms with Crippen molar-refractivity contribution in [3.05, 3.63) is 12.7 Å². The zero-order valence-electron chi connectivity index (χ0n) is 6.40. The summed E-state index contributed by atoms with van der Waals surface area (Å²) in [4.78, 5) is 0. The highest BCUT2D eigenvalue weighted by molar-refractivity contribution is 4.98. The van der Waals surface area contributed by atoms with Gasteiger partial charge in [0.25, 0.3) is 0 Å². The van der Waals surface area contributed by atoms with E-state index >= 15 is 0 Å². The Hall–Kier alpha value is -0.900. The van der Waals surface area contributed by atoms with Gasteiger partial charge in [-0.3, -0.25) is 0 Å². The van der Waals surface area contributed by atoms with E-state index in [2.05, 4.69) is 10.2 Å². The lowest BCUT2D eigenvalue weighted by atomic mass is 10.2. The van der Waals surface area contributed by atoms with Gasteiger partial charge in [-0.15, -0.1) is 10.2 Å². The van der Waals surface area contributed by atoms with Crippen LogP contribution in [0.4, 0.5) is 0 Å². The fraction of sp³-hybridized carbons (Fsp3) is 0.714. The molecule has 0 unspecified atom stereocenters. The van der Waals surface area contributed by atoms with Gasteiger partial charge in [-0.2, -0.15) is 0 Å². The summed E-state index contributed by atoms with van der Waals surface area (Å²) in [7, 11) is 0. The topological polar surface area (TPSA) is 56.7 Å². The van der Waals surface area contributed by atoms with Crippen LogP contribution in [0.25, 0.3) is 0 Å². The summed E-state index contributed by atoms with van der Waals surface area (Å²) in [6, 6.07) is 0. The van der Waals surface area contributed by atoms with E-state index in [1.54, 1.807) is 12.7 Å². The molecular formula is C7H12N4. The van der Waals surface area contributed by atoms with Crippen molar-refractivity contribution in [2.75, 3.05) is 0 Å². The molecule has 0 atom stereocenters. The zero-order chi connectivity index (χ0) is 7.73. The normalized spacial score (nSPS) is 20.1. The van der Waals surface area contributed by atoms with Crippen molar-refractivity contribution >= 4 is 0 Å². The Balaban J connectivity index is 1.83. The van der Waals surface area contributed by atoms with Crippen LogP contribution in [0.3, 0.4) is 0 Å². The zero-order valence-corrected chi connectivity index (χ0v) is 6.40. The van der Waals surface area contributed by atoms with Crippen LogP contribution < -0.4 is 5.73 Å². The maximum Gasteiger partial charge on any atom is 0.119 e. The van der Waals surface area contributed by atoms with Crippen molar-refractivity contribution in [1.29, 1.82) is 0 Å². The van der Waals surface area contributed by atoms with E-state index in [1.165, 1.54) is 12.8 Å². The SMILES string of the molecule is NC1(CCn2cnnc2)CC1. The van der Waals surface area contributed by atoms with Crippen LogP contribution in [0.2, 0.25) is 0 Å². The Morgan fingerprint density at radius 1 is 1.36 bits per heavy atom. The van der Waals surface area contributed by atoms with E-state index < -0.39 is 0 Å². The van der Waals surface area contributed by atoms with Crippen molar-refractivity contribution in [2.24, 2.45) is 5.73 Å². The van der Waals surface area contributed by atoms with Gasteiger partial charge >= 0.3 is 0 Å². The highest BCUT2D eigenvalue weighted by Crippen LogP contribution is 2.35. The third-order valence-electron chi connectivity index (χ3n) is 2.23. The molecule has 1 aliphatic rings. The van der Waals surface area contributed by atoms with Crippen molar-refractivity contribution in [3.8, 4) is 0 Å². The molecule has 0 saturated heterocycles. The van der Waals surface area contributed by atoms with E-state index in [9.17, 15) is 0 Å². The van der Waals surface area contributed by atoms with Crippen LogP contribution >= 0.6 is 0 Å². The second kappa shape index (κ2) is 2.30. The molecule has 0 aromatic carbocycles. The summed E-state index contributed by atoms with van der Waals surface area (Å²) in [6.45, 7) is 0.948. The van der Waals surface area contributed by atoms with E-state index in [0.717, 1.165) is 13.0 Å². The lowest BCUT2D eigenvalue weighted by Crippen LogP contribution is -2.23. The Bertz CT molecular complexity index is 225. The highest BCUT2D eigenvalue weighted by Gasteiger charge is 2.37. The molecule has 2 rings (SSSR count). The minimum absolute atomic E-state index is 0.143. The van der Waals surface area contributed by atoms with Gasteiger partial charge in [-0.05, 0) is 19.3 Å². The summed E-state index contributed by atoms with van der Waals surface area (Å²) in [6.07, 6.45) is 6.85. The third kappa shape index (κ3) is 1.57. The minimum Gasteiger partial charge on any atom is -0.325 e. The molecule has 4 nitrogen and oxygen atoms in total. The van der Waals surface area contributed by atoms with Crippen LogP contribution in [0.15, 0.2) is 12.7 Å². The van der Waals surface area contributed by atoms with Gasteiger partial charge in [0.05, 0.1) is 0 Å². The fourth-order valence-corrected chi connectivity index (χ4v) is 1.10. The quantitative estimate of drug-likeness (QED) is 0.671. The molecule has 1 aromatic heterocycles. The van der Waals surface area contributed by atoms with Crippen molar-refractivity contribution in [1.82, 2.24) is 14.8 Å². The molecule has 1 fully saturated rings. The Labute approximate surface area is 65.4 Å². The lowest BCUT2D eigenvalue weighted by molar-refractivity contribution is 0.532. The second-order valence-electron chi connectivity index (χ2n) is 3.31. The van der Waals surface area contributed by atoms with E-state index in [-0.39, 0.29) is 5.54 Å². The van der Waals surface area contributed by atoms with Crippen LogP contribution in [0.5, 0.6) is 0 Å². The largest absolute Gasteiger partial charge is 0.325 e. The summed E-state index contributed by atoms with van der Waals surface area (Å²) in [5.74, 6) is 0. The van der Waals surface area contributed by atoms with Crippen LogP contribution in [0, 0.1) is 0 Å². The molecule has 2 N–H and O–H groups in total. The summed E-state index contributed by atoms with van der Waals surface area (Å²) >= 11 is 0. The smallest absolute Gasteiger partial charge is 0.119 e. The fourth-order valence-electron chi connectivity index (χ4n) is 1.10. The van der Waals surface area contributed by atoms with Crippen molar-refractivity contribution in [3.63, 3.8) is 0 Å². The van der Waals surface area contributed by atoms with Gasteiger partial charge in [0, 0.05) is 12.1 Å². The predicted molar refractivity (Wildman–Crippen MR) is 40.8 cm³/mol. The number of hydrogen-bond acceptors (Lipinski definition) is 3. The maximum absolute atomic E-state index is 5.91. The van der Waals surface area contributed by atoms with Crippen molar-refractivity contribution < 1.29 is 0 Å². The number of nitrogens with zero attached hydrogens (tertiary/aromatic N) is 3. The van der Waals surface area contributed by atoms with Gasteiger partial charge in [0.1, 0.15) is 12.7 Å². The van der Waals surface area contributed by atoms with E-state index in [0.29, 0.717) is 0 Å². The lowest BCUT2D eigenvalue weighted by Gasteiger charge is -2.06. The molecular weight excluding hydrogens is 140 g/mol. The summed E-state index contributed by atoms with van der Waals surface area (Å²) in [5.41, 5.74) is 6.05. The van der Waals surface area contributed by atoms with Gasteiger partial charge in [0.2, 0.25) is 0 Å². The first-order valence-electron chi connectivity index (χ1n) is 3.90. The second-order valence-corrected chi connectivity index (χ2v) is 3.31. The molecule has 0 spiro atoms. The average molecular weight is 152 g/mol. The number of aryl methyl sites for hydroxylation is 1. The summed E-state index contributed by atoms with van der Waals surface area (Å²) in [5, 5.41) is 7.43. The van der Waals surface area contributed by atoms with Crippen LogP contribution in [0.1, 0.15) is 19.3 Å². The summed E-state index contributed by atoms with van der Waals surface area (Å²) < 4.78 is 1.97. The van der Waals surface area contributed by atoms with Crippen LogP contribution in [-0.2, 0) is 6.54 Å². The standard InChI is InChI=1S/C7H12N4/c8-7(1-2-7)3-4-11-5-9-10-6-11/h5-6H,1-4,8H2. The number of nitrogens with two attached hydrogens (primary N) is 1. The first-order chi connectivity index (χ1) is 5.29. The van der Waals surface area contributed by atoms with Gasteiger partial charge in [0.15, 0.2) is 0 Å². The molecule has 1 saturated carbocycles. The minimum atomic E-state index is 0.143. The molecule has 0 bridgehead atoms. The molecule has 60 valence electrons. The van der Waals surface area contributed by atoms with Crippen molar-refractivity contribution in [2.45, 2.75) is 31.3 Å². The first-order valence-corrected chi connectivity index (χ1v) is 3.90. The predicted octanol–water partition coefficient (Wildman–Crippen LogP) is 0.159. The van der Waals surface area contributed by atoms with Gasteiger partial charge in [-0.1, -0.05) is 0 Å². The van der Waals surface area contributed by atoms with Gasteiger partial charge in [-0.25, -0.2) is 0 Å². The number of rotatable bonds is 3. The highest BCUT2D eigenvalue weighted by atomic mass is 15.2. The van der Waals surface area contributed by atoms with Crippen LogP contribution in [-0.4, -0.2) is 20.3 Å². The molecule has 11 heavy (non-hydrogen) atoms. The molecule has 4 heteroatoms. The monoisotopic (exact) mass is 152 g/mol. The van der Waals surface area contributed by atoms with E-state index in [4.69, 9.17) is 5.73 Å². The Morgan fingerprint density at radius 3 is 2.55 bits per heavy atom. The Kier molecular flexibility index (Phi) is 1.42. The number of aromatic nitrogens is 3.